The molecule has 0 saturated heterocycles. The third kappa shape index (κ3) is 2.95. The number of rotatable bonds is 5. The molecule has 112 valence electrons. The number of methoxy groups -OCH3 is 1. The van der Waals surface area contributed by atoms with Crippen LogP contribution in [-0.2, 0) is 0 Å². The lowest BCUT2D eigenvalue weighted by Gasteiger charge is -2.05. The van der Waals surface area contributed by atoms with Gasteiger partial charge in [0.1, 0.15) is 11.4 Å². The van der Waals surface area contributed by atoms with Crippen molar-refractivity contribution in [2.24, 2.45) is 0 Å². The second-order valence-electron chi connectivity index (χ2n) is 4.37. The number of hydrogen-bond donors (Lipinski definition) is 0. The summed E-state index contributed by atoms with van der Waals surface area (Å²) in [4.78, 5) is 20.5. The van der Waals surface area contributed by atoms with E-state index in [1.807, 2.05) is 11.4 Å². The molecule has 4 nitrogen and oxygen atoms in total. The summed E-state index contributed by atoms with van der Waals surface area (Å²) in [6, 6.07) is 6.12. The van der Waals surface area contributed by atoms with Crippen molar-refractivity contribution >= 4 is 39.1 Å². The van der Waals surface area contributed by atoms with Crippen molar-refractivity contribution in [1.82, 2.24) is 9.97 Å². The molecule has 7 heteroatoms. The topological polar surface area (TPSA) is 52.1 Å². The Morgan fingerprint density at radius 3 is 3.00 bits per heavy atom. The van der Waals surface area contributed by atoms with Gasteiger partial charge < -0.3 is 4.74 Å². The number of ketones is 1. The summed E-state index contributed by atoms with van der Waals surface area (Å²) in [5.74, 6) is -0.383. The van der Waals surface area contributed by atoms with Crippen LogP contribution in [0.4, 0.5) is 4.39 Å². The maximum Gasteiger partial charge on any atom is 0.173 e. The average Bonchev–Trinajstić information content (AvgIpc) is 3.01. The summed E-state index contributed by atoms with van der Waals surface area (Å²) >= 11 is 2.86. The van der Waals surface area contributed by atoms with E-state index in [9.17, 15) is 9.18 Å². The zero-order chi connectivity index (χ0) is 15.5. The molecule has 0 fully saturated rings. The van der Waals surface area contributed by atoms with Crippen LogP contribution in [0, 0.1) is 5.82 Å². The summed E-state index contributed by atoms with van der Waals surface area (Å²) < 4.78 is 19.4. The Labute approximate surface area is 134 Å². The molecule has 1 aromatic carbocycles. The summed E-state index contributed by atoms with van der Waals surface area (Å²) in [5.41, 5.74) is 1.19. The average molecular weight is 334 g/mol. The maximum absolute atomic E-state index is 13.6. The molecule has 0 unspecified atom stereocenters. The van der Waals surface area contributed by atoms with Crippen LogP contribution in [-0.4, -0.2) is 28.6 Å². The molecule has 0 radical (unpaired) electrons. The van der Waals surface area contributed by atoms with Crippen LogP contribution >= 0.6 is 23.1 Å². The third-order valence-corrected chi connectivity index (χ3v) is 5.05. The lowest BCUT2D eigenvalue weighted by Crippen LogP contribution is -2.04. The minimum Gasteiger partial charge on any atom is -0.494 e. The Morgan fingerprint density at radius 1 is 1.36 bits per heavy atom. The van der Waals surface area contributed by atoms with Crippen molar-refractivity contribution in [2.75, 3.05) is 12.9 Å². The number of carbonyl (C=O) groups is 1. The van der Waals surface area contributed by atoms with E-state index in [4.69, 9.17) is 4.74 Å². The van der Waals surface area contributed by atoms with Gasteiger partial charge in [-0.2, -0.15) is 0 Å². The van der Waals surface area contributed by atoms with Gasteiger partial charge in [-0.3, -0.25) is 4.79 Å². The molecular formula is C15H11FN2O2S2. The molecule has 0 spiro atoms. The molecule has 0 atom stereocenters. The first kappa shape index (κ1) is 14.9. The Bertz CT molecular complexity index is 835. The fourth-order valence-electron chi connectivity index (χ4n) is 1.93. The Kier molecular flexibility index (Phi) is 4.35. The number of benzene rings is 1. The van der Waals surface area contributed by atoms with E-state index in [0.717, 1.165) is 15.2 Å². The minimum atomic E-state index is -0.541. The van der Waals surface area contributed by atoms with E-state index < -0.39 is 5.82 Å². The number of thiophene rings is 1. The van der Waals surface area contributed by atoms with E-state index in [1.54, 1.807) is 6.07 Å². The highest BCUT2D eigenvalue weighted by Gasteiger charge is 2.13. The van der Waals surface area contributed by atoms with Crippen LogP contribution in [0.3, 0.4) is 0 Å². The predicted octanol–water partition coefficient (Wildman–Crippen LogP) is 3.81. The molecule has 2 heterocycles. The number of halogens is 1. The van der Waals surface area contributed by atoms with Gasteiger partial charge in [-0.25, -0.2) is 14.4 Å². The highest BCUT2D eigenvalue weighted by atomic mass is 32.2. The first-order valence-electron chi connectivity index (χ1n) is 6.37. The fourth-order valence-corrected chi connectivity index (χ4v) is 3.77. The molecule has 0 aliphatic carbocycles. The van der Waals surface area contributed by atoms with Crippen molar-refractivity contribution in [2.45, 2.75) is 5.03 Å². The summed E-state index contributed by atoms with van der Waals surface area (Å²) in [7, 11) is 1.39. The molecular weight excluding hydrogens is 323 g/mol. The van der Waals surface area contributed by atoms with Crippen molar-refractivity contribution in [3.63, 3.8) is 0 Å². The summed E-state index contributed by atoms with van der Waals surface area (Å²) in [6.07, 6.45) is 1.48. The SMILES string of the molecule is COc1ccc(C(=O)CSc2ncnc3ccsc23)cc1F. The number of Topliss-reactive ketones (excluding diaryl/α,β-unsaturated/α-hetero) is 1. The van der Waals surface area contributed by atoms with Gasteiger partial charge in [-0.1, -0.05) is 11.8 Å². The fraction of sp³-hybridized carbons (Fsp3) is 0.133. The van der Waals surface area contributed by atoms with Gasteiger partial charge in [0.05, 0.1) is 23.1 Å². The van der Waals surface area contributed by atoms with Gasteiger partial charge >= 0.3 is 0 Å². The smallest absolute Gasteiger partial charge is 0.173 e. The minimum absolute atomic E-state index is 0.125. The van der Waals surface area contributed by atoms with Crippen molar-refractivity contribution in [3.8, 4) is 5.75 Å². The predicted molar refractivity (Wildman–Crippen MR) is 85.4 cm³/mol. The van der Waals surface area contributed by atoms with Gasteiger partial charge in [-0.15, -0.1) is 11.3 Å². The number of hydrogen-bond acceptors (Lipinski definition) is 6. The number of fused-ring (bicyclic) bond motifs is 1. The van der Waals surface area contributed by atoms with Crippen LogP contribution < -0.4 is 4.74 Å². The Balaban J connectivity index is 1.75. The first-order chi connectivity index (χ1) is 10.7. The van der Waals surface area contributed by atoms with Crippen LogP contribution in [0.15, 0.2) is 41.0 Å². The zero-order valence-electron chi connectivity index (χ0n) is 11.6. The standard InChI is InChI=1S/C15H11FN2O2S2/c1-20-13-3-2-9(6-10(13)16)12(19)7-22-15-14-11(4-5-21-14)17-8-18-15/h2-6,8H,7H2,1H3. The monoisotopic (exact) mass is 334 g/mol. The van der Waals surface area contributed by atoms with Crippen molar-refractivity contribution in [1.29, 1.82) is 0 Å². The Morgan fingerprint density at radius 2 is 2.23 bits per heavy atom. The lowest BCUT2D eigenvalue weighted by molar-refractivity contribution is 0.102. The molecule has 22 heavy (non-hydrogen) atoms. The van der Waals surface area contributed by atoms with Gasteiger partial charge in [0.15, 0.2) is 17.3 Å². The molecule has 0 saturated carbocycles. The normalized spacial score (nSPS) is 10.8. The molecule has 3 rings (SSSR count). The summed E-state index contributed by atoms with van der Waals surface area (Å²) in [6.45, 7) is 0. The highest BCUT2D eigenvalue weighted by Crippen LogP contribution is 2.29. The molecule has 0 amide bonds. The van der Waals surface area contributed by atoms with E-state index >= 15 is 0 Å². The molecule has 3 aromatic rings. The van der Waals surface area contributed by atoms with Gasteiger partial charge in [-0.05, 0) is 29.6 Å². The number of ether oxygens (including phenoxy) is 1. The van der Waals surface area contributed by atoms with Crippen molar-refractivity contribution in [3.05, 3.63) is 47.4 Å². The zero-order valence-corrected chi connectivity index (χ0v) is 13.2. The molecule has 0 bridgehead atoms. The van der Waals surface area contributed by atoms with Gasteiger partial charge in [0, 0.05) is 5.56 Å². The number of thioether (sulfide) groups is 1. The van der Waals surface area contributed by atoms with E-state index in [2.05, 4.69) is 9.97 Å². The molecule has 0 aliphatic heterocycles. The van der Waals surface area contributed by atoms with Crippen LogP contribution in [0.5, 0.6) is 5.75 Å². The van der Waals surface area contributed by atoms with Gasteiger partial charge in [0.25, 0.3) is 0 Å². The molecule has 2 aromatic heterocycles. The Hall–Kier alpha value is -1.99. The highest BCUT2D eigenvalue weighted by molar-refractivity contribution is 8.00. The van der Waals surface area contributed by atoms with Crippen molar-refractivity contribution < 1.29 is 13.9 Å². The van der Waals surface area contributed by atoms with E-state index in [1.165, 1.54) is 48.7 Å². The number of carbonyl (C=O) groups excluding carboxylic acids is 1. The van der Waals surface area contributed by atoms with E-state index in [-0.39, 0.29) is 17.3 Å². The number of aromatic nitrogens is 2. The van der Waals surface area contributed by atoms with Crippen LogP contribution in [0.1, 0.15) is 10.4 Å². The summed E-state index contributed by atoms with van der Waals surface area (Å²) in [5, 5.41) is 2.70. The van der Waals surface area contributed by atoms with Gasteiger partial charge in [0.2, 0.25) is 0 Å². The second-order valence-corrected chi connectivity index (χ2v) is 6.26. The second kappa shape index (κ2) is 6.41. The third-order valence-electron chi connectivity index (χ3n) is 3.02. The molecule has 0 N–H and O–H groups in total. The van der Waals surface area contributed by atoms with E-state index in [0.29, 0.717) is 5.56 Å². The molecule has 0 aliphatic rings. The number of nitrogens with zero attached hydrogens (tertiary/aromatic N) is 2. The maximum atomic E-state index is 13.6. The lowest BCUT2D eigenvalue weighted by atomic mass is 10.1. The van der Waals surface area contributed by atoms with Crippen LogP contribution in [0.25, 0.3) is 10.2 Å². The quantitative estimate of drug-likeness (QED) is 0.403. The van der Waals surface area contributed by atoms with Crippen LogP contribution in [0.2, 0.25) is 0 Å². The first-order valence-corrected chi connectivity index (χ1v) is 8.23. The largest absolute Gasteiger partial charge is 0.494 e.